The SMILES string of the molecule is O=C(Nc1cc(C(F)(F)F)ccc1N1CCN(Cc2ccoc2)CC1)c1ccc(-c2ccncc2)o1. The molecule has 4 heterocycles. The molecule has 186 valence electrons. The van der Waals surface area contributed by atoms with Gasteiger partial charge in [-0.3, -0.25) is 14.7 Å². The Morgan fingerprint density at radius 3 is 2.47 bits per heavy atom. The monoisotopic (exact) mass is 496 g/mol. The lowest BCUT2D eigenvalue weighted by atomic mass is 10.1. The van der Waals surface area contributed by atoms with E-state index in [-0.39, 0.29) is 11.4 Å². The number of carbonyl (C=O) groups excluding carboxylic acids is 1. The van der Waals surface area contributed by atoms with E-state index >= 15 is 0 Å². The first-order valence-corrected chi connectivity index (χ1v) is 11.4. The molecule has 1 fully saturated rings. The standard InChI is InChI=1S/C26H23F3N4O3/c27-26(28,29)20-1-2-22(33-12-10-32(11-13-33)16-18-7-14-35-17-18)21(15-20)31-25(34)24-4-3-23(36-24)19-5-8-30-9-6-19/h1-9,14-15,17H,10-13,16H2,(H,31,34). The number of benzene rings is 1. The number of hydrogen-bond donors (Lipinski definition) is 1. The van der Waals surface area contributed by atoms with Gasteiger partial charge in [-0.2, -0.15) is 13.2 Å². The van der Waals surface area contributed by atoms with Crippen LogP contribution in [0.5, 0.6) is 0 Å². The van der Waals surface area contributed by atoms with E-state index in [0.717, 1.165) is 29.8 Å². The third kappa shape index (κ3) is 5.28. The maximum atomic E-state index is 13.5. The summed E-state index contributed by atoms with van der Waals surface area (Å²) in [5.74, 6) is -0.176. The highest BCUT2D eigenvalue weighted by atomic mass is 19.4. The Kier molecular flexibility index (Phi) is 6.51. The van der Waals surface area contributed by atoms with Gasteiger partial charge in [0.1, 0.15) is 5.76 Å². The predicted octanol–water partition coefficient (Wildman–Crippen LogP) is 5.53. The summed E-state index contributed by atoms with van der Waals surface area (Å²) in [7, 11) is 0. The van der Waals surface area contributed by atoms with Crippen LogP contribution in [0.3, 0.4) is 0 Å². The minimum Gasteiger partial charge on any atom is -0.472 e. The number of hydrogen-bond acceptors (Lipinski definition) is 6. The molecule has 4 aromatic rings. The first-order valence-electron chi connectivity index (χ1n) is 11.4. The molecule has 0 radical (unpaired) electrons. The van der Waals surface area contributed by atoms with E-state index in [0.29, 0.717) is 37.6 Å². The Bertz CT molecular complexity index is 1310. The quantitative estimate of drug-likeness (QED) is 0.379. The Balaban J connectivity index is 1.34. The van der Waals surface area contributed by atoms with Crippen molar-refractivity contribution in [2.24, 2.45) is 0 Å². The number of anilines is 2. The summed E-state index contributed by atoms with van der Waals surface area (Å²) in [6, 6.07) is 11.9. The van der Waals surface area contributed by atoms with Crippen LogP contribution in [-0.2, 0) is 12.7 Å². The van der Waals surface area contributed by atoms with E-state index in [2.05, 4.69) is 15.2 Å². The molecule has 1 N–H and O–H groups in total. The highest BCUT2D eigenvalue weighted by Crippen LogP contribution is 2.36. The smallest absolute Gasteiger partial charge is 0.416 e. The number of nitrogens with one attached hydrogen (secondary N) is 1. The van der Waals surface area contributed by atoms with Crippen molar-refractivity contribution in [1.29, 1.82) is 0 Å². The van der Waals surface area contributed by atoms with E-state index in [1.807, 2.05) is 11.0 Å². The average molecular weight is 496 g/mol. The second-order valence-corrected chi connectivity index (χ2v) is 8.48. The highest BCUT2D eigenvalue weighted by Gasteiger charge is 2.32. The van der Waals surface area contributed by atoms with Gasteiger partial charge in [-0.25, -0.2) is 0 Å². The first-order chi connectivity index (χ1) is 17.4. The molecule has 10 heteroatoms. The summed E-state index contributed by atoms with van der Waals surface area (Å²) in [5, 5.41) is 2.64. The van der Waals surface area contributed by atoms with E-state index in [1.165, 1.54) is 12.1 Å². The van der Waals surface area contributed by atoms with Gasteiger partial charge < -0.3 is 19.1 Å². The Labute approximate surface area is 205 Å². The molecular formula is C26H23F3N4O3. The first kappa shape index (κ1) is 23.7. The molecule has 1 aliphatic rings. The van der Waals surface area contributed by atoms with Crippen LogP contribution in [0.25, 0.3) is 11.3 Å². The fourth-order valence-corrected chi connectivity index (χ4v) is 4.19. The summed E-state index contributed by atoms with van der Waals surface area (Å²) in [5.41, 5.74) is 1.57. The molecule has 3 aromatic heterocycles. The zero-order valence-corrected chi connectivity index (χ0v) is 19.2. The lowest BCUT2D eigenvalue weighted by Gasteiger charge is -2.37. The lowest BCUT2D eigenvalue weighted by molar-refractivity contribution is -0.137. The summed E-state index contributed by atoms with van der Waals surface area (Å²) in [4.78, 5) is 21.1. The van der Waals surface area contributed by atoms with Gasteiger partial charge in [0, 0.05) is 56.2 Å². The van der Waals surface area contributed by atoms with Crippen LogP contribution in [0.15, 0.2) is 82.3 Å². The van der Waals surface area contributed by atoms with Crippen LogP contribution in [0.4, 0.5) is 24.5 Å². The van der Waals surface area contributed by atoms with E-state index in [9.17, 15) is 18.0 Å². The van der Waals surface area contributed by atoms with Gasteiger partial charge in [0.05, 0.1) is 29.5 Å². The summed E-state index contributed by atoms with van der Waals surface area (Å²) in [6.07, 6.45) is 1.98. The normalized spacial score (nSPS) is 14.7. The minimum absolute atomic E-state index is 0.00453. The number of alkyl halides is 3. The van der Waals surface area contributed by atoms with Gasteiger partial charge in [-0.15, -0.1) is 0 Å². The molecule has 1 aromatic carbocycles. The van der Waals surface area contributed by atoms with E-state index in [1.54, 1.807) is 43.1 Å². The molecule has 5 rings (SSSR count). The fraction of sp³-hybridized carbons (Fsp3) is 0.231. The van der Waals surface area contributed by atoms with Crippen molar-refractivity contribution in [2.45, 2.75) is 12.7 Å². The van der Waals surface area contributed by atoms with Crippen LogP contribution >= 0.6 is 0 Å². The molecule has 0 aliphatic carbocycles. The third-order valence-corrected chi connectivity index (χ3v) is 6.07. The van der Waals surface area contributed by atoms with Crippen molar-refractivity contribution in [3.05, 3.63) is 90.3 Å². The highest BCUT2D eigenvalue weighted by molar-refractivity contribution is 6.04. The number of halogens is 3. The van der Waals surface area contributed by atoms with Gasteiger partial charge in [0.15, 0.2) is 5.76 Å². The second-order valence-electron chi connectivity index (χ2n) is 8.48. The largest absolute Gasteiger partial charge is 0.472 e. The Hall–Kier alpha value is -4.05. The Morgan fingerprint density at radius 1 is 1.00 bits per heavy atom. The van der Waals surface area contributed by atoms with Crippen LogP contribution in [0, 0.1) is 0 Å². The number of piperazine rings is 1. The maximum absolute atomic E-state index is 13.5. The number of nitrogens with zero attached hydrogens (tertiary/aromatic N) is 3. The van der Waals surface area contributed by atoms with Gasteiger partial charge in [0.25, 0.3) is 5.91 Å². The Morgan fingerprint density at radius 2 is 1.78 bits per heavy atom. The number of amides is 1. The number of carbonyl (C=O) groups is 1. The van der Waals surface area contributed by atoms with Crippen molar-refractivity contribution >= 4 is 17.3 Å². The van der Waals surface area contributed by atoms with Crippen molar-refractivity contribution in [3.8, 4) is 11.3 Å². The molecule has 1 saturated heterocycles. The summed E-state index contributed by atoms with van der Waals surface area (Å²) >= 11 is 0. The van der Waals surface area contributed by atoms with Crippen LogP contribution in [-0.4, -0.2) is 42.0 Å². The molecule has 0 saturated carbocycles. The van der Waals surface area contributed by atoms with Gasteiger partial charge in [-0.1, -0.05) is 0 Å². The second kappa shape index (κ2) is 9.90. The molecule has 36 heavy (non-hydrogen) atoms. The molecule has 1 aliphatic heterocycles. The zero-order valence-electron chi connectivity index (χ0n) is 19.2. The molecular weight excluding hydrogens is 473 g/mol. The average Bonchev–Trinajstić information content (AvgIpc) is 3.57. The van der Waals surface area contributed by atoms with Crippen molar-refractivity contribution in [3.63, 3.8) is 0 Å². The topological polar surface area (TPSA) is 74.8 Å². The number of rotatable bonds is 6. The van der Waals surface area contributed by atoms with Gasteiger partial charge >= 0.3 is 6.18 Å². The van der Waals surface area contributed by atoms with Crippen molar-refractivity contribution in [2.75, 3.05) is 36.4 Å². The van der Waals surface area contributed by atoms with E-state index in [4.69, 9.17) is 8.83 Å². The van der Waals surface area contributed by atoms with Crippen LogP contribution < -0.4 is 10.2 Å². The summed E-state index contributed by atoms with van der Waals surface area (Å²) < 4.78 is 51.2. The number of aromatic nitrogens is 1. The third-order valence-electron chi connectivity index (χ3n) is 6.07. The van der Waals surface area contributed by atoms with Crippen molar-refractivity contribution < 1.29 is 26.8 Å². The fourth-order valence-electron chi connectivity index (χ4n) is 4.19. The molecule has 0 atom stereocenters. The molecule has 1 amide bonds. The maximum Gasteiger partial charge on any atom is 0.416 e. The van der Waals surface area contributed by atoms with Crippen LogP contribution in [0.2, 0.25) is 0 Å². The van der Waals surface area contributed by atoms with E-state index < -0.39 is 17.6 Å². The molecule has 0 spiro atoms. The lowest BCUT2D eigenvalue weighted by Crippen LogP contribution is -2.46. The number of furan rings is 2. The predicted molar refractivity (Wildman–Crippen MR) is 128 cm³/mol. The minimum atomic E-state index is -4.54. The molecule has 7 nitrogen and oxygen atoms in total. The van der Waals surface area contributed by atoms with Gasteiger partial charge in [0.2, 0.25) is 0 Å². The molecule has 0 bridgehead atoms. The molecule has 0 unspecified atom stereocenters. The zero-order chi connectivity index (χ0) is 25.1. The van der Waals surface area contributed by atoms with Crippen LogP contribution in [0.1, 0.15) is 21.7 Å². The van der Waals surface area contributed by atoms with Crippen molar-refractivity contribution in [1.82, 2.24) is 9.88 Å². The summed E-state index contributed by atoms with van der Waals surface area (Å²) in [6.45, 7) is 3.36. The van der Waals surface area contributed by atoms with Gasteiger partial charge in [-0.05, 0) is 48.5 Å². The number of pyridine rings is 1.